The first-order chi connectivity index (χ1) is 15.2. The van der Waals surface area contributed by atoms with Crippen molar-refractivity contribution in [1.29, 1.82) is 0 Å². The number of halogens is 2. The van der Waals surface area contributed by atoms with E-state index < -0.39 is 11.5 Å². The van der Waals surface area contributed by atoms with E-state index in [1.165, 1.54) is 4.68 Å². The molecule has 3 aromatic heterocycles. The van der Waals surface area contributed by atoms with Gasteiger partial charge in [0.1, 0.15) is 16.5 Å². The summed E-state index contributed by atoms with van der Waals surface area (Å²) in [5.74, 6) is -0.805. The number of aliphatic hydroxyl groups is 1. The van der Waals surface area contributed by atoms with Crippen LogP contribution < -0.4 is 5.32 Å². The van der Waals surface area contributed by atoms with Crippen LogP contribution in [0.15, 0.2) is 48.8 Å². The van der Waals surface area contributed by atoms with Gasteiger partial charge in [-0.3, -0.25) is 13.9 Å². The van der Waals surface area contributed by atoms with E-state index in [2.05, 4.69) is 15.4 Å². The molecule has 0 bridgehead atoms. The zero-order chi connectivity index (χ0) is 22.6. The molecule has 1 saturated carbocycles. The molecule has 1 fully saturated rings. The van der Waals surface area contributed by atoms with Crippen LogP contribution >= 0.6 is 11.6 Å². The van der Waals surface area contributed by atoms with Gasteiger partial charge in [0.2, 0.25) is 5.95 Å². The molecule has 0 atom stereocenters. The second-order valence-corrected chi connectivity index (χ2v) is 8.88. The summed E-state index contributed by atoms with van der Waals surface area (Å²) in [6, 6.07) is 10.6. The molecule has 2 N–H and O–H groups in total. The fraction of sp³-hybridized carbons (Fsp3) is 0.261. The van der Waals surface area contributed by atoms with E-state index in [0.29, 0.717) is 51.6 Å². The Bertz CT molecular complexity index is 1350. The molecule has 4 aromatic rings. The topological polar surface area (TPSA) is 84.5 Å². The Morgan fingerprint density at radius 3 is 2.62 bits per heavy atom. The minimum Gasteiger partial charge on any atom is -0.390 e. The van der Waals surface area contributed by atoms with Gasteiger partial charge in [0, 0.05) is 36.6 Å². The maximum Gasteiger partial charge on any atom is 0.251 e. The molecular weight excluding hydrogens is 433 g/mol. The van der Waals surface area contributed by atoms with E-state index in [-0.39, 0.29) is 11.9 Å². The number of carbonyl (C=O) groups is 1. The Hall–Kier alpha value is -3.23. The number of fused-ring (bicyclic) bond motifs is 1. The second-order valence-electron chi connectivity index (χ2n) is 8.52. The van der Waals surface area contributed by atoms with Crippen LogP contribution in [0.3, 0.4) is 0 Å². The van der Waals surface area contributed by atoms with Crippen molar-refractivity contribution in [3.8, 4) is 22.4 Å². The molecule has 0 saturated heterocycles. The lowest BCUT2D eigenvalue weighted by Gasteiger charge is -2.41. The highest BCUT2D eigenvalue weighted by molar-refractivity contribution is 6.32. The third-order valence-corrected chi connectivity index (χ3v) is 6.15. The number of aryl methyl sites for hydroxylation is 1. The van der Waals surface area contributed by atoms with E-state index in [4.69, 9.17) is 11.6 Å². The molecule has 0 spiro atoms. The van der Waals surface area contributed by atoms with Crippen molar-refractivity contribution in [3.63, 3.8) is 0 Å². The van der Waals surface area contributed by atoms with Crippen molar-refractivity contribution in [2.75, 3.05) is 0 Å². The van der Waals surface area contributed by atoms with Gasteiger partial charge in [-0.1, -0.05) is 35.9 Å². The van der Waals surface area contributed by atoms with E-state index in [9.17, 15) is 14.3 Å². The van der Waals surface area contributed by atoms with E-state index in [1.54, 1.807) is 49.0 Å². The summed E-state index contributed by atoms with van der Waals surface area (Å²) in [6.45, 7) is 1.75. The second kappa shape index (κ2) is 7.43. The number of benzene rings is 1. The molecule has 7 nitrogen and oxygen atoms in total. The Balaban J connectivity index is 1.51. The van der Waals surface area contributed by atoms with E-state index in [1.807, 2.05) is 18.2 Å². The predicted octanol–water partition coefficient (Wildman–Crippen LogP) is 3.84. The molecule has 5 rings (SSSR count). The number of nitrogens with zero attached hydrogens (tertiary/aromatic N) is 4. The van der Waals surface area contributed by atoms with Gasteiger partial charge >= 0.3 is 0 Å². The molecule has 1 aliphatic carbocycles. The zero-order valence-electron chi connectivity index (χ0n) is 17.5. The minimum atomic E-state index is -0.714. The van der Waals surface area contributed by atoms with Crippen LogP contribution in [0.5, 0.6) is 0 Å². The number of nitrogens with one attached hydrogen (secondary N) is 1. The smallest absolute Gasteiger partial charge is 0.251 e. The summed E-state index contributed by atoms with van der Waals surface area (Å²) in [6.07, 6.45) is 4.36. The fourth-order valence-corrected chi connectivity index (χ4v) is 4.55. The number of carbonyl (C=O) groups excluding carboxylic acids is 1. The van der Waals surface area contributed by atoms with Gasteiger partial charge in [0.05, 0.1) is 11.2 Å². The van der Waals surface area contributed by atoms with Crippen molar-refractivity contribution in [3.05, 3.63) is 65.5 Å². The van der Waals surface area contributed by atoms with E-state index >= 15 is 0 Å². The first kappa shape index (κ1) is 20.7. The molecule has 32 heavy (non-hydrogen) atoms. The summed E-state index contributed by atoms with van der Waals surface area (Å²) in [7, 11) is 1.66. The monoisotopic (exact) mass is 453 g/mol. The minimum absolute atomic E-state index is 0.0473. The molecule has 0 aliphatic heterocycles. The van der Waals surface area contributed by atoms with Crippen LogP contribution in [-0.2, 0) is 7.05 Å². The number of pyridine rings is 1. The molecule has 1 aliphatic rings. The number of amides is 1. The normalized spacial score (nSPS) is 20.3. The molecular formula is C23H21ClFN5O2. The van der Waals surface area contributed by atoms with Crippen molar-refractivity contribution >= 4 is 23.2 Å². The largest absolute Gasteiger partial charge is 0.390 e. The first-order valence-electron chi connectivity index (χ1n) is 10.2. The Morgan fingerprint density at radius 1 is 1.25 bits per heavy atom. The Labute approximate surface area is 188 Å². The van der Waals surface area contributed by atoms with Gasteiger partial charge in [-0.25, -0.2) is 4.98 Å². The summed E-state index contributed by atoms with van der Waals surface area (Å²) in [5, 5.41) is 16.9. The standard InChI is InChI=1S/C23H21ClFN5O2/c1-23(32)10-14(11-23)26-22(31)13-7-8-30-18(9-13)27-19(20(30)24)16-6-4-3-5-15(16)17-12-29(2)28-21(17)25/h3-9,12,14,32H,10-11H2,1-2H3,(H,26,31). The lowest BCUT2D eigenvalue weighted by molar-refractivity contribution is -0.0366. The summed E-state index contributed by atoms with van der Waals surface area (Å²) < 4.78 is 17.5. The molecule has 164 valence electrons. The van der Waals surface area contributed by atoms with Crippen molar-refractivity contribution in [2.24, 2.45) is 7.05 Å². The highest BCUT2D eigenvalue weighted by Gasteiger charge is 2.39. The Kier molecular flexibility index (Phi) is 4.79. The summed E-state index contributed by atoms with van der Waals surface area (Å²) >= 11 is 6.63. The fourth-order valence-electron chi connectivity index (χ4n) is 4.27. The van der Waals surface area contributed by atoms with Gasteiger partial charge in [0.25, 0.3) is 5.91 Å². The van der Waals surface area contributed by atoms with Gasteiger partial charge < -0.3 is 10.4 Å². The molecule has 0 unspecified atom stereocenters. The summed E-state index contributed by atoms with van der Waals surface area (Å²) in [4.78, 5) is 17.3. The van der Waals surface area contributed by atoms with Crippen LogP contribution in [0.1, 0.15) is 30.1 Å². The molecule has 1 aromatic carbocycles. The number of aromatic nitrogens is 4. The maximum absolute atomic E-state index is 14.4. The number of rotatable bonds is 4. The van der Waals surface area contributed by atoms with Gasteiger partial charge in [-0.15, -0.1) is 5.10 Å². The maximum atomic E-state index is 14.4. The van der Waals surface area contributed by atoms with Gasteiger partial charge in [0.15, 0.2) is 0 Å². The van der Waals surface area contributed by atoms with Crippen LogP contribution in [0, 0.1) is 5.95 Å². The molecule has 3 heterocycles. The third kappa shape index (κ3) is 3.55. The quantitative estimate of drug-likeness (QED) is 0.491. The van der Waals surface area contributed by atoms with Gasteiger partial charge in [-0.05, 0) is 37.5 Å². The van der Waals surface area contributed by atoms with Crippen molar-refractivity contribution in [1.82, 2.24) is 24.5 Å². The van der Waals surface area contributed by atoms with E-state index in [0.717, 1.165) is 0 Å². The molecule has 0 radical (unpaired) electrons. The van der Waals surface area contributed by atoms with Crippen LogP contribution in [-0.4, -0.2) is 41.8 Å². The number of imidazole rings is 1. The highest BCUT2D eigenvalue weighted by Crippen LogP contribution is 2.37. The summed E-state index contributed by atoms with van der Waals surface area (Å²) in [5.41, 5.74) is 2.36. The third-order valence-electron chi connectivity index (χ3n) is 5.79. The van der Waals surface area contributed by atoms with Crippen molar-refractivity contribution in [2.45, 2.75) is 31.4 Å². The average Bonchev–Trinajstić information content (AvgIpc) is 3.24. The zero-order valence-corrected chi connectivity index (χ0v) is 18.3. The van der Waals surface area contributed by atoms with Gasteiger partial charge in [-0.2, -0.15) is 4.39 Å². The highest BCUT2D eigenvalue weighted by atomic mass is 35.5. The van der Waals surface area contributed by atoms with Crippen LogP contribution in [0.2, 0.25) is 5.15 Å². The first-order valence-corrected chi connectivity index (χ1v) is 10.6. The molecule has 1 amide bonds. The molecule has 9 heteroatoms. The average molecular weight is 454 g/mol. The lowest BCUT2D eigenvalue weighted by atomic mass is 9.77. The lowest BCUT2D eigenvalue weighted by Crippen LogP contribution is -2.53. The van der Waals surface area contributed by atoms with Crippen molar-refractivity contribution < 1.29 is 14.3 Å². The number of hydrogen-bond donors (Lipinski definition) is 2. The van der Waals surface area contributed by atoms with Crippen LogP contribution in [0.4, 0.5) is 4.39 Å². The SMILES string of the molecule is Cn1cc(-c2ccccc2-c2nc3cc(C(=O)NC4CC(C)(O)C4)ccn3c2Cl)c(F)n1. The van der Waals surface area contributed by atoms with Crippen LogP contribution in [0.25, 0.3) is 28.0 Å². The predicted molar refractivity (Wildman–Crippen MR) is 119 cm³/mol. The number of hydrogen-bond acceptors (Lipinski definition) is 4. The Morgan fingerprint density at radius 2 is 1.97 bits per heavy atom.